The molecule has 0 saturated heterocycles. The normalized spacial score (nSPS) is 18.4. The number of anilines is 1. The maximum Gasteiger partial charge on any atom is 0.139 e. The minimum atomic E-state index is 0.0131. The van der Waals surface area contributed by atoms with Crippen LogP contribution in [0.2, 0.25) is 0 Å². The summed E-state index contributed by atoms with van der Waals surface area (Å²) in [6, 6.07) is 13.7. The summed E-state index contributed by atoms with van der Waals surface area (Å²) in [5.41, 5.74) is 4.32. The van der Waals surface area contributed by atoms with Gasteiger partial charge in [-0.2, -0.15) is 0 Å². The van der Waals surface area contributed by atoms with Crippen LogP contribution in [-0.2, 0) is 13.0 Å². The molecule has 0 aliphatic heterocycles. The summed E-state index contributed by atoms with van der Waals surface area (Å²) in [7, 11) is 0. The molecule has 7 heteroatoms. The average molecular weight is 420 g/mol. The number of nitrogens with one attached hydrogen (secondary N) is 3. The van der Waals surface area contributed by atoms with Gasteiger partial charge in [-0.15, -0.1) is 11.3 Å². The first-order chi connectivity index (χ1) is 14.8. The van der Waals surface area contributed by atoms with Gasteiger partial charge in [0.25, 0.3) is 0 Å². The molecule has 0 radical (unpaired) electrons. The van der Waals surface area contributed by atoms with E-state index in [9.17, 15) is 5.11 Å². The molecule has 1 aromatic carbocycles. The van der Waals surface area contributed by atoms with Gasteiger partial charge in [0.2, 0.25) is 0 Å². The van der Waals surface area contributed by atoms with E-state index < -0.39 is 0 Å². The fourth-order valence-corrected chi connectivity index (χ4v) is 4.79. The van der Waals surface area contributed by atoms with Crippen molar-refractivity contribution in [2.24, 2.45) is 0 Å². The fraction of sp³-hybridized carbons (Fsp3) is 0.304. The summed E-state index contributed by atoms with van der Waals surface area (Å²) in [5.74, 6) is 0. The molecule has 1 saturated carbocycles. The minimum Gasteiger partial charge on any atom is -0.391 e. The maximum atomic E-state index is 9.40. The number of aliphatic hydroxyl groups excluding tert-OH is 1. The summed E-state index contributed by atoms with van der Waals surface area (Å²) in [4.78, 5) is 13.1. The quantitative estimate of drug-likeness (QED) is 0.347. The summed E-state index contributed by atoms with van der Waals surface area (Å²) < 4.78 is 0. The van der Waals surface area contributed by atoms with Gasteiger partial charge in [-0.3, -0.25) is 0 Å². The van der Waals surface area contributed by atoms with Gasteiger partial charge < -0.3 is 20.7 Å². The van der Waals surface area contributed by atoms with Crippen LogP contribution in [0.25, 0.3) is 21.6 Å². The lowest BCUT2D eigenvalue weighted by Gasteiger charge is -2.37. The summed E-state index contributed by atoms with van der Waals surface area (Å²) in [6.45, 7) is 1.02. The molecule has 0 unspecified atom stereocenters. The Hall–Kier alpha value is -2.74. The van der Waals surface area contributed by atoms with E-state index in [0.29, 0.717) is 12.1 Å². The predicted octanol–water partition coefficient (Wildman–Crippen LogP) is 3.95. The molecule has 1 fully saturated rings. The van der Waals surface area contributed by atoms with E-state index in [2.05, 4.69) is 62.0 Å². The van der Waals surface area contributed by atoms with Gasteiger partial charge in [0, 0.05) is 36.1 Å². The fourth-order valence-electron chi connectivity index (χ4n) is 4.00. The van der Waals surface area contributed by atoms with Crippen molar-refractivity contribution in [2.75, 3.05) is 11.9 Å². The van der Waals surface area contributed by atoms with E-state index >= 15 is 0 Å². The van der Waals surface area contributed by atoms with Crippen molar-refractivity contribution < 1.29 is 5.11 Å². The lowest BCUT2D eigenvalue weighted by Crippen LogP contribution is -2.48. The second-order valence-corrected chi connectivity index (χ2v) is 8.89. The van der Waals surface area contributed by atoms with Gasteiger partial charge in [0.15, 0.2) is 0 Å². The van der Waals surface area contributed by atoms with Crippen LogP contribution in [0.3, 0.4) is 0 Å². The maximum absolute atomic E-state index is 9.40. The molecule has 4 N–H and O–H groups in total. The zero-order valence-electron chi connectivity index (χ0n) is 16.6. The van der Waals surface area contributed by atoms with Crippen molar-refractivity contribution in [3.8, 4) is 10.6 Å². The summed E-state index contributed by atoms with van der Waals surface area (Å²) in [6.07, 6.45) is 8.79. The first-order valence-corrected chi connectivity index (χ1v) is 11.2. The number of hydrogen-bond acceptors (Lipinski definition) is 6. The van der Waals surface area contributed by atoms with Gasteiger partial charge in [-0.25, -0.2) is 9.97 Å². The van der Waals surface area contributed by atoms with Crippen LogP contribution >= 0.6 is 11.3 Å². The van der Waals surface area contributed by atoms with Gasteiger partial charge >= 0.3 is 0 Å². The number of aliphatic hydroxyl groups is 1. The average Bonchev–Trinajstić information content (AvgIpc) is 3.42. The van der Waals surface area contributed by atoms with Crippen LogP contribution in [0.1, 0.15) is 23.3 Å². The molecule has 1 aliphatic rings. The Morgan fingerprint density at radius 3 is 2.73 bits per heavy atom. The lowest BCUT2D eigenvalue weighted by atomic mass is 9.86. The number of benzene rings is 1. The zero-order chi connectivity index (χ0) is 20.3. The van der Waals surface area contributed by atoms with Crippen molar-refractivity contribution in [3.05, 3.63) is 65.4 Å². The standard InChI is InChI=1S/C23H25N5OS/c29-14-18-12-27-23(30-18)20-13-26-22-19(7-9-25-22)21(20)28-17-10-16(11-17)24-8-6-15-4-2-1-3-5-15/h1-5,7,9,12-13,16-17,24,29H,6,8,10-11,14H2,(H2,25,26,28)/t16-,17+. The molecular formula is C23H25N5OS. The third-order valence-electron chi connectivity index (χ3n) is 5.70. The Morgan fingerprint density at radius 1 is 1.07 bits per heavy atom. The van der Waals surface area contributed by atoms with Gasteiger partial charge in [0.1, 0.15) is 10.7 Å². The molecule has 0 atom stereocenters. The topological polar surface area (TPSA) is 85.9 Å². The SMILES string of the molecule is OCc1cnc(-c2cnc3[nH]ccc3c2N[C@H]2C[C@@H](NCCc3ccccc3)C2)s1. The zero-order valence-corrected chi connectivity index (χ0v) is 17.5. The number of thiazole rings is 1. The van der Waals surface area contributed by atoms with Crippen molar-refractivity contribution in [1.82, 2.24) is 20.3 Å². The van der Waals surface area contributed by atoms with E-state index in [4.69, 9.17) is 0 Å². The molecule has 6 nitrogen and oxygen atoms in total. The van der Waals surface area contributed by atoms with Crippen molar-refractivity contribution in [3.63, 3.8) is 0 Å². The number of rotatable bonds is 8. The molecule has 0 spiro atoms. The van der Waals surface area contributed by atoms with Gasteiger partial charge in [-0.05, 0) is 37.4 Å². The van der Waals surface area contributed by atoms with Crippen molar-refractivity contribution >= 4 is 28.1 Å². The number of fused-ring (bicyclic) bond motifs is 1. The molecule has 30 heavy (non-hydrogen) atoms. The van der Waals surface area contributed by atoms with Crippen LogP contribution < -0.4 is 10.6 Å². The molecule has 4 aromatic rings. The lowest BCUT2D eigenvalue weighted by molar-refractivity contribution is 0.285. The molecule has 1 aliphatic carbocycles. The van der Waals surface area contributed by atoms with Crippen LogP contribution in [-0.4, -0.2) is 38.7 Å². The van der Waals surface area contributed by atoms with Gasteiger partial charge in [-0.1, -0.05) is 30.3 Å². The molecule has 3 heterocycles. The van der Waals surface area contributed by atoms with Crippen LogP contribution in [0.5, 0.6) is 0 Å². The number of H-pyrrole nitrogens is 1. The summed E-state index contributed by atoms with van der Waals surface area (Å²) >= 11 is 1.51. The Morgan fingerprint density at radius 2 is 1.93 bits per heavy atom. The monoisotopic (exact) mass is 419 g/mol. The van der Waals surface area contributed by atoms with Crippen LogP contribution in [0, 0.1) is 0 Å². The van der Waals surface area contributed by atoms with E-state index in [-0.39, 0.29) is 6.61 Å². The number of aromatic nitrogens is 3. The molecule has 5 rings (SSSR count). The number of hydrogen-bond donors (Lipinski definition) is 4. The summed E-state index contributed by atoms with van der Waals surface area (Å²) in [5, 5.41) is 18.8. The van der Waals surface area contributed by atoms with E-state index in [1.165, 1.54) is 16.9 Å². The highest BCUT2D eigenvalue weighted by Gasteiger charge is 2.30. The Labute approximate surface area is 179 Å². The number of aromatic amines is 1. The Bertz CT molecular complexity index is 1120. The van der Waals surface area contributed by atoms with E-state index in [1.54, 1.807) is 6.20 Å². The van der Waals surface area contributed by atoms with Gasteiger partial charge in [0.05, 0.1) is 22.7 Å². The van der Waals surface area contributed by atoms with Crippen LogP contribution in [0.4, 0.5) is 5.69 Å². The number of pyridine rings is 1. The Kier molecular flexibility index (Phi) is 5.48. The highest BCUT2D eigenvalue weighted by atomic mass is 32.1. The second-order valence-electron chi connectivity index (χ2n) is 7.78. The molecule has 0 bridgehead atoms. The largest absolute Gasteiger partial charge is 0.391 e. The smallest absolute Gasteiger partial charge is 0.139 e. The van der Waals surface area contributed by atoms with Crippen LogP contribution in [0.15, 0.2) is 55.0 Å². The van der Waals surface area contributed by atoms with E-state index in [1.807, 2.05) is 12.4 Å². The molecule has 3 aromatic heterocycles. The Balaban J connectivity index is 1.24. The van der Waals surface area contributed by atoms with E-state index in [0.717, 1.165) is 58.0 Å². The highest BCUT2D eigenvalue weighted by Crippen LogP contribution is 2.37. The third-order valence-corrected chi connectivity index (χ3v) is 6.72. The molecular weight excluding hydrogens is 394 g/mol. The van der Waals surface area contributed by atoms with Crippen molar-refractivity contribution in [1.29, 1.82) is 0 Å². The highest BCUT2D eigenvalue weighted by molar-refractivity contribution is 7.15. The number of nitrogens with zero attached hydrogens (tertiary/aromatic N) is 2. The third kappa shape index (κ3) is 3.96. The van der Waals surface area contributed by atoms with Crippen molar-refractivity contribution in [2.45, 2.75) is 38.0 Å². The molecule has 154 valence electrons. The predicted molar refractivity (Wildman–Crippen MR) is 122 cm³/mol. The second kappa shape index (κ2) is 8.55. The first-order valence-electron chi connectivity index (χ1n) is 10.4. The minimum absolute atomic E-state index is 0.0131. The first kappa shape index (κ1) is 19.2. The molecule has 0 amide bonds.